The zero-order chi connectivity index (χ0) is 26.0. The van der Waals surface area contributed by atoms with Gasteiger partial charge in [-0.15, -0.1) is 0 Å². The number of likely N-dealkylation sites (tertiary alicyclic amines) is 1. The van der Waals surface area contributed by atoms with E-state index in [0.29, 0.717) is 19.3 Å². The Morgan fingerprint density at radius 3 is 2.24 bits per heavy atom. The summed E-state index contributed by atoms with van der Waals surface area (Å²) in [5, 5.41) is 23.1. The van der Waals surface area contributed by atoms with Crippen molar-refractivity contribution in [1.82, 2.24) is 15.5 Å². The van der Waals surface area contributed by atoms with Crippen LogP contribution in [0.2, 0.25) is 0 Å². The molecule has 1 fully saturated rings. The van der Waals surface area contributed by atoms with Crippen molar-refractivity contribution in [2.75, 3.05) is 6.54 Å². The van der Waals surface area contributed by atoms with Gasteiger partial charge in [0, 0.05) is 19.4 Å². The highest BCUT2D eigenvalue weighted by molar-refractivity contribution is 5.94. The number of carboxylic acids is 2. The van der Waals surface area contributed by atoms with Crippen LogP contribution in [0.5, 0.6) is 0 Å². The molecule has 1 rings (SSSR count). The zero-order valence-electron chi connectivity index (χ0n) is 19.5. The molecule has 0 spiro atoms. The van der Waals surface area contributed by atoms with Crippen LogP contribution in [-0.2, 0) is 28.8 Å². The van der Waals surface area contributed by atoms with Crippen LogP contribution >= 0.6 is 0 Å². The molecule has 13 nitrogen and oxygen atoms in total. The topological polar surface area (TPSA) is 222 Å². The lowest BCUT2D eigenvalue weighted by Gasteiger charge is -2.30. The van der Waals surface area contributed by atoms with Crippen molar-refractivity contribution in [2.45, 2.75) is 83.0 Å². The molecule has 1 aliphatic rings. The third kappa shape index (κ3) is 8.61. The van der Waals surface area contributed by atoms with Crippen LogP contribution < -0.4 is 22.1 Å². The van der Waals surface area contributed by atoms with Crippen molar-refractivity contribution >= 4 is 35.6 Å². The summed E-state index contributed by atoms with van der Waals surface area (Å²) in [6.45, 7) is 3.69. The predicted octanol–water partition coefficient (Wildman–Crippen LogP) is -1.46. The predicted molar refractivity (Wildman–Crippen MR) is 119 cm³/mol. The normalized spacial score (nSPS) is 18.9. The van der Waals surface area contributed by atoms with E-state index in [9.17, 15) is 33.9 Å². The fourth-order valence-corrected chi connectivity index (χ4v) is 3.67. The van der Waals surface area contributed by atoms with Gasteiger partial charge < -0.3 is 37.2 Å². The first-order valence-electron chi connectivity index (χ1n) is 11.3. The number of nitrogens with two attached hydrogens (primary N) is 2. The fraction of sp³-hybridized carbons (Fsp3) is 0.714. The maximum Gasteiger partial charge on any atom is 0.326 e. The number of aliphatic carboxylic acids is 2. The van der Waals surface area contributed by atoms with Crippen molar-refractivity contribution in [3.8, 4) is 0 Å². The van der Waals surface area contributed by atoms with Gasteiger partial charge in [-0.1, -0.05) is 20.3 Å². The van der Waals surface area contributed by atoms with E-state index < -0.39 is 59.7 Å². The lowest BCUT2D eigenvalue weighted by atomic mass is 9.98. The molecule has 13 heteroatoms. The average molecular weight is 486 g/mol. The maximum absolute atomic E-state index is 13.2. The monoisotopic (exact) mass is 485 g/mol. The van der Waals surface area contributed by atoms with Crippen LogP contribution in [-0.4, -0.2) is 81.4 Å². The summed E-state index contributed by atoms with van der Waals surface area (Å²) in [6, 6.07) is -4.46. The average Bonchev–Trinajstić information content (AvgIpc) is 3.26. The minimum absolute atomic E-state index is 0.138. The molecule has 0 saturated carbocycles. The van der Waals surface area contributed by atoms with Gasteiger partial charge in [0.2, 0.25) is 23.6 Å². The molecule has 0 radical (unpaired) electrons. The summed E-state index contributed by atoms with van der Waals surface area (Å²) >= 11 is 0. The van der Waals surface area contributed by atoms with Gasteiger partial charge in [-0.05, 0) is 31.6 Å². The summed E-state index contributed by atoms with van der Waals surface area (Å²) in [5.41, 5.74) is 10.9. The molecule has 34 heavy (non-hydrogen) atoms. The van der Waals surface area contributed by atoms with Crippen molar-refractivity contribution in [3.05, 3.63) is 0 Å². The number of rotatable bonds is 14. The molecular weight excluding hydrogens is 450 g/mol. The number of carbonyl (C=O) groups excluding carboxylic acids is 4. The van der Waals surface area contributed by atoms with E-state index in [1.807, 2.05) is 0 Å². The summed E-state index contributed by atoms with van der Waals surface area (Å²) in [5.74, 6) is -5.36. The number of carboxylic acid groups (broad SMARTS) is 2. The Bertz CT molecular complexity index is 789. The van der Waals surface area contributed by atoms with Crippen molar-refractivity contribution in [3.63, 3.8) is 0 Å². The van der Waals surface area contributed by atoms with Gasteiger partial charge in [0.25, 0.3) is 0 Å². The van der Waals surface area contributed by atoms with E-state index in [1.54, 1.807) is 13.8 Å². The number of nitrogens with one attached hydrogen (secondary N) is 2. The van der Waals surface area contributed by atoms with Gasteiger partial charge in [-0.3, -0.25) is 24.0 Å². The maximum atomic E-state index is 13.2. The minimum atomic E-state index is -1.21. The number of primary amides is 1. The Balaban J connectivity index is 2.98. The summed E-state index contributed by atoms with van der Waals surface area (Å²) in [7, 11) is 0. The van der Waals surface area contributed by atoms with Gasteiger partial charge in [-0.2, -0.15) is 0 Å². The van der Waals surface area contributed by atoms with Crippen molar-refractivity contribution < 1.29 is 39.0 Å². The van der Waals surface area contributed by atoms with E-state index in [0.717, 1.165) is 0 Å². The van der Waals surface area contributed by atoms with Crippen LogP contribution in [0.4, 0.5) is 0 Å². The van der Waals surface area contributed by atoms with Gasteiger partial charge in [0.15, 0.2) is 0 Å². The van der Waals surface area contributed by atoms with Gasteiger partial charge in [0.1, 0.15) is 18.1 Å². The molecule has 0 aromatic carbocycles. The molecule has 5 unspecified atom stereocenters. The largest absolute Gasteiger partial charge is 0.481 e. The molecule has 1 heterocycles. The lowest BCUT2D eigenvalue weighted by Crippen LogP contribution is -2.57. The number of carbonyl (C=O) groups is 6. The molecule has 0 bridgehead atoms. The third-order valence-corrected chi connectivity index (χ3v) is 5.92. The van der Waals surface area contributed by atoms with Crippen LogP contribution in [0.25, 0.3) is 0 Å². The Morgan fingerprint density at radius 1 is 1.06 bits per heavy atom. The van der Waals surface area contributed by atoms with Crippen molar-refractivity contribution in [1.29, 1.82) is 0 Å². The standard InChI is InChI=1S/C21H35N5O8/c1-3-11(2)17(21(33)34)25-19(31)14-5-4-10-26(14)20(32)13(7-8-15(23)27)24-18(30)12(22)6-9-16(28)29/h11-14,17H,3-10,22H2,1-2H3,(H2,23,27)(H,24,30)(H,25,31)(H,28,29)(H,33,34). The van der Waals surface area contributed by atoms with E-state index in [-0.39, 0.29) is 38.1 Å². The quantitative estimate of drug-likeness (QED) is 0.169. The highest BCUT2D eigenvalue weighted by Gasteiger charge is 2.39. The Kier molecular flexibility index (Phi) is 11.4. The SMILES string of the molecule is CCC(C)C(NC(=O)C1CCCN1C(=O)C(CCC(N)=O)NC(=O)C(N)CCC(=O)O)C(=O)O. The van der Waals surface area contributed by atoms with Gasteiger partial charge >= 0.3 is 11.9 Å². The van der Waals surface area contributed by atoms with E-state index in [1.165, 1.54) is 4.90 Å². The number of nitrogens with zero attached hydrogens (tertiary/aromatic N) is 1. The van der Waals surface area contributed by atoms with E-state index >= 15 is 0 Å². The lowest BCUT2D eigenvalue weighted by molar-refractivity contribution is -0.146. The van der Waals surface area contributed by atoms with Gasteiger partial charge in [0.05, 0.1) is 6.04 Å². The smallest absolute Gasteiger partial charge is 0.326 e. The van der Waals surface area contributed by atoms with Crippen LogP contribution in [0.3, 0.4) is 0 Å². The first-order chi connectivity index (χ1) is 15.9. The van der Waals surface area contributed by atoms with Crippen LogP contribution in [0.15, 0.2) is 0 Å². The molecule has 4 amide bonds. The number of hydrogen-bond donors (Lipinski definition) is 6. The molecule has 8 N–H and O–H groups in total. The molecule has 1 saturated heterocycles. The first-order valence-corrected chi connectivity index (χ1v) is 11.3. The Hall–Kier alpha value is -3.22. The Labute approximate surface area is 197 Å². The van der Waals surface area contributed by atoms with E-state index in [4.69, 9.17) is 16.6 Å². The fourth-order valence-electron chi connectivity index (χ4n) is 3.67. The number of amides is 4. The summed E-state index contributed by atoms with van der Waals surface area (Å²) < 4.78 is 0. The molecule has 5 atom stereocenters. The highest BCUT2D eigenvalue weighted by Crippen LogP contribution is 2.21. The molecular formula is C21H35N5O8. The van der Waals surface area contributed by atoms with Crippen LogP contribution in [0.1, 0.15) is 58.8 Å². The minimum Gasteiger partial charge on any atom is -0.481 e. The molecule has 192 valence electrons. The van der Waals surface area contributed by atoms with E-state index in [2.05, 4.69) is 10.6 Å². The molecule has 0 aromatic rings. The molecule has 0 aromatic heterocycles. The third-order valence-electron chi connectivity index (χ3n) is 5.92. The van der Waals surface area contributed by atoms with Gasteiger partial charge in [-0.25, -0.2) is 4.79 Å². The second-order valence-corrected chi connectivity index (χ2v) is 8.50. The first kappa shape index (κ1) is 28.8. The zero-order valence-corrected chi connectivity index (χ0v) is 19.5. The molecule has 1 aliphatic heterocycles. The Morgan fingerprint density at radius 2 is 1.71 bits per heavy atom. The summed E-state index contributed by atoms with van der Waals surface area (Å²) in [6.07, 6.45) is 0.455. The second-order valence-electron chi connectivity index (χ2n) is 8.50. The molecule has 0 aliphatic carbocycles. The van der Waals surface area contributed by atoms with Crippen LogP contribution in [0, 0.1) is 5.92 Å². The number of hydrogen-bond acceptors (Lipinski definition) is 7. The van der Waals surface area contributed by atoms with Crippen molar-refractivity contribution in [2.24, 2.45) is 17.4 Å². The summed E-state index contributed by atoms with van der Waals surface area (Å²) in [4.78, 5) is 73.3. The highest BCUT2D eigenvalue weighted by atomic mass is 16.4. The second kappa shape index (κ2) is 13.5.